The van der Waals surface area contributed by atoms with Crippen LogP contribution in [0.15, 0.2) is 29.2 Å². The van der Waals surface area contributed by atoms with Crippen LogP contribution in [0, 0.1) is 0 Å². The highest BCUT2D eigenvalue weighted by Crippen LogP contribution is 2.21. The molecule has 1 saturated heterocycles. The molecule has 0 aliphatic carbocycles. The Kier molecular flexibility index (Phi) is 5.76. The number of nitrogens with zero attached hydrogens (tertiary/aromatic N) is 1. The fourth-order valence-corrected chi connectivity index (χ4v) is 3.67. The van der Waals surface area contributed by atoms with Crippen LogP contribution in [0.25, 0.3) is 0 Å². The molecule has 1 aliphatic heterocycles. The molecule has 1 aromatic carbocycles. The zero-order chi connectivity index (χ0) is 13.2. The van der Waals surface area contributed by atoms with Gasteiger partial charge in [0.25, 0.3) is 0 Å². The van der Waals surface area contributed by atoms with E-state index in [1.807, 2.05) is 6.07 Å². The number of hydrogen-bond donors (Lipinski definition) is 1. The molecule has 19 heavy (non-hydrogen) atoms. The molecule has 0 spiro atoms. The van der Waals surface area contributed by atoms with Crippen LogP contribution in [0.4, 0.5) is 0 Å². The van der Waals surface area contributed by atoms with Crippen molar-refractivity contribution in [1.29, 1.82) is 0 Å². The molecule has 2 N–H and O–H groups in total. The number of benzene rings is 1. The predicted octanol–water partition coefficient (Wildman–Crippen LogP) is 0.976. The fraction of sp³-hybridized carbons (Fsp3) is 0.500. The zero-order valence-corrected chi connectivity index (χ0v) is 12.4. The topological polar surface area (TPSA) is 72.6 Å². The molecule has 0 bridgehead atoms. The lowest BCUT2D eigenvalue weighted by Crippen LogP contribution is -2.32. The van der Waals surface area contributed by atoms with Gasteiger partial charge in [-0.3, -0.25) is 0 Å². The van der Waals surface area contributed by atoms with Gasteiger partial charge in [0.1, 0.15) is 0 Å². The third-order valence-corrected chi connectivity index (χ3v) is 4.90. The average Bonchev–Trinajstić information content (AvgIpc) is 2.77. The molecule has 1 atom stereocenters. The summed E-state index contributed by atoms with van der Waals surface area (Å²) in [4.78, 5) is 0.311. The van der Waals surface area contributed by atoms with Crippen LogP contribution in [0.1, 0.15) is 12.0 Å². The number of sulfonamides is 1. The molecule has 0 aromatic heterocycles. The van der Waals surface area contributed by atoms with Gasteiger partial charge in [0, 0.05) is 26.2 Å². The number of halogens is 1. The SMILES string of the molecule is COCc1cccc(S(=O)(=O)N2CC[C@H](N)C2)c1.Cl. The first-order valence-electron chi connectivity index (χ1n) is 5.87. The van der Waals surface area contributed by atoms with Gasteiger partial charge < -0.3 is 10.5 Å². The van der Waals surface area contributed by atoms with Gasteiger partial charge >= 0.3 is 0 Å². The number of ether oxygens (including phenoxy) is 1. The van der Waals surface area contributed by atoms with Gasteiger partial charge in [0.15, 0.2) is 0 Å². The van der Waals surface area contributed by atoms with Crippen molar-refractivity contribution in [3.8, 4) is 0 Å². The Morgan fingerprint density at radius 3 is 2.79 bits per heavy atom. The van der Waals surface area contributed by atoms with E-state index < -0.39 is 10.0 Å². The molecule has 0 radical (unpaired) electrons. The quantitative estimate of drug-likeness (QED) is 0.900. The minimum absolute atomic E-state index is 0. The van der Waals surface area contributed by atoms with Gasteiger partial charge in [-0.25, -0.2) is 8.42 Å². The summed E-state index contributed by atoms with van der Waals surface area (Å²) in [5, 5.41) is 0. The van der Waals surface area contributed by atoms with Crippen molar-refractivity contribution in [1.82, 2.24) is 4.31 Å². The number of nitrogens with two attached hydrogens (primary N) is 1. The van der Waals surface area contributed by atoms with Crippen molar-refractivity contribution in [2.24, 2.45) is 5.73 Å². The molecule has 7 heteroatoms. The first-order valence-corrected chi connectivity index (χ1v) is 7.31. The summed E-state index contributed by atoms with van der Waals surface area (Å²) in [6, 6.07) is 6.79. The Morgan fingerprint density at radius 1 is 1.47 bits per heavy atom. The molecule has 0 amide bonds. The highest BCUT2D eigenvalue weighted by molar-refractivity contribution is 7.89. The minimum Gasteiger partial charge on any atom is -0.380 e. The predicted molar refractivity (Wildman–Crippen MR) is 75.8 cm³/mol. The van der Waals surface area contributed by atoms with Crippen molar-refractivity contribution in [3.63, 3.8) is 0 Å². The lowest BCUT2D eigenvalue weighted by atomic mass is 10.2. The number of methoxy groups -OCH3 is 1. The highest BCUT2D eigenvalue weighted by atomic mass is 35.5. The lowest BCUT2D eigenvalue weighted by molar-refractivity contribution is 0.184. The summed E-state index contributed by atoms with van der Waals surface area (Å²) in [7, 11) is -1.83. The minimum atomic E-state index is -3.41. The van der Waals surface area contributed by atoms with Gasteiger partial charge in [0.2, 0.25) is 10.0 Å². The summed E-state index contributed by atoms with van der Waals surface area (Å²) in [5.41, 5.74) is 6.60. The van der Waals surface area contributed by atoms with Gasteiger partial charge in [-0.1, -0.05) is 12.1 Å². The number of hydrogen-bond acceptors (Lipinski definition) is 4. The molecular weight excluding hydrogens is 288 g/mol. The second-order valence-corrected chi connectivity index (χ2v) is 6.43. The van der Waals surface area contributed by atoms with E-state index in [2.05, 4.69) is 0 Å². The summed E-state index contributed by atoms with van der Waals surface area (Å²) < 4.78 is 31.2. The van der Waals surface area contributed by atoms with Crippen LogP contribution < -0.4 is 5.73 Å². The van der Waals surface area contributed by atoms with E-state index in [1.54, 1.807) is 25.3 Å². The maximum Gasteiger partial charge on any atom is 0.243 e. The van der Waals surface area contributed by atoms with Gasteiger partial charge in [-0.05, 0) is 24.1 Å². The molecule has 1 fully saturated rings. The van der Waals surface area contributed by atoms with Crippen LogP contribution in [0.2, 0.25) is 0 Å². The van der Waals surface area contributed by atoms with Crippen LogP contribution in [0.3, 0.4) is 0 Å². The van der Waals surface area contributed by atoms with Gasteiger partial charge in [-0.15, -0.1) is 12.4 Å². The van der Waals surface area contributed by atoms with Crippen LogP contribution >= 0.6 is 12.4 Å². The van der Waals surface area contributed by atoms with Crippen molar-refractivity contribution >= 4 is 22.4 Å². The van der Waals surface area contributed by atoms with E-state index in [-0.39, 0.29) is 18.4 Å². The van der Waals surface area contributed by atoms with E-state index in [1.165, 1.54) is 4.31 Å². The van der Waals surface area contributed by atoms with Crippen LogP contribution in [-0.4, -0.2) is 39.0 Å². The molecule has 1 aliphatic rings. The van der Waals surface area contributed by atoms with Gasteiger partial charge in [-0.2, -0.15) is 4.31 Å². The third kappa shape index (κ3) is 3.67. The van der Waals surface area contributed by atoms with Crippen molar-refractivity contribution < 1.29 is 13.2 Å². The second-order valence-electron chi connectivity index (χ2n) is 4.49. The molecule has 5 nitrogen and oxygen atoms in total. The lowest BCUT2D eigenvalue weighted by Gasteiger charge is -2.16. The Labute approximate surface area is 120 Å². The van der Waals surface area contributed by atoms with E-state index in [0.717, 1.165) is 12.0 Å². The Hall–Kier alpha value is -0.660. The Morgan fingerprint density at radius 2 is 2.21 bits per heavy atom. The molecule has 1 aromatic rings. The Balaban J connectivity index is 0.00000180. The average molecular weight is 307 g/mol. The summed E-state index contributed by atoms with van der Waals surface area (Å²) >= 11 is 0. The second kappa shape index (κ2) is 6.67. The maximum atomic E-state index is 12.4. The number of rotatable bonds is 4. The summed E-state index contributed by atoms with van der Waals surface area (Å²) in [5.74, 6) is 0. The van der Waals surface area contributed by atoms with E-state index in [9.17, 15) is 8.42 Å². The summed E-state index contributed by atoms with van der Waals surface area (Å²) in [6.07, 6.45) is 0.719. The molecule has 0 unspecified atom stereocenters. The standard InChI is InChI=1S/C12H18N2O3S.ClH/c1-17-9-10-3-2-4-12(7-10)18(15,16)14-6-5-11(13)8-14;/h2-4,7,11H,5-6,8-9,13H2,1H3;1H/t11-;/m0./s1. The maximum absolute atomic E-state index is 12.4. The van der Waals surface area contributed by atoms with E-state index in [4.69, 9.17) is 10.5 Å². The molecule has 2 rings (SSSR count). The van der Waals surface area contributed by atoms with E-state index >= 15 is 0 Å². The molecule has 108 valence electrons. The normalized spacial score (nSPS) is 20.2. The smallest absolute Gasteiger partial charge is 0.243 e. The first kappa shape index (κ1) is 16.4. The van der Waals surface area contributed by atoms with Crippen LogP contribution in [-0.2, 0) is 21.4 Å². The fourth-order valence-electron chi connectivity index (χ4n) is 2.08. The van der Waals surface area contributed by atoms with Crippen LogP contribution in [0.5, 0.6) is 0 Å². The molecule has 1 heterocycles. The highest BCUT2D eigenvalue weighted by Gasteiger charge is 2.30. The van der Waals surface area contributed by atoms with Crippen molar-refractivity contribution in [3.05, 3.63) is 29.8 Å². The first-order chi connectivity index (χ1) is 8.54. The molecule has 0 saturated carbocycles. The molecular formula is C12H19ClN2O3S. The largest absolute Gasteiger partial charge is 0.380 e. The van der Waals surface area contributed by atoms with E-state index in [0.29, 0.717) is 24.6 Å². The van der Waals surface area contributed by atoms with Crippen molar-refractivity contribution in [2.75, 3.05) is 20.2 Å². The summed E-state index contributed by atoms with van der Waals surface area (Å²) in [6.45, 7) is 1.30. The van der Waals surface area contributed by atoms with Crippen molar-refractivity contribution in [2.45, 2.75) is 24.0 Å². The Bertz CT molecular complexity index is 521. The van der Waals surface area contributed by atoms with Gasteiger partial charge in [0.05, 0.1) is 11.5 Å². The monoisotopic (exact) mass is 306 g/mol. The third-order valence-electron chi connectivity index (χ3n) is 3.03. The zero-order valence-electron chi connectivity index (χ0n) is 10.8.